The number of likely N-dealkylation sites (N-methyl/N-ethyl adjacent to an activating group) is 1. The molecule has 18 heavy (non-hydrogen) atoms. The van der Waals surface area contributed by atoms with Crippen LogP contribution in [0.3, 0.4) is 0 Å². The molecule has 1 heterocycles. The van der Waals surface area contributed by atoms with Crippen LogP contribution in [0.2, 0.25) is 0 Å². The lowest BCUT2D eigenvalue weighted by molar-refractivity contribution is 0.0691. The van der Waals surface area contributed by atoms with E-state index in [0.29, 0.717) is 5.82 Å². The predicted molar refractivity (Wildman–Crippen MR) is 69.9 cm³/mol. The molecule has 6 heteroatoms. The molecule has 6 nitrogen and oxygen atoms in total. The number of carboxylic acids is 1. The highest BCUT2D eigenvalue weighted by Crippen LogP contribution is 2.10. The summed E-state index contributed by atoms with van der Waals surface area (Å²) in [6, 6.07) is 0.111. The number of aromatic carboxylic acids is 1. The third kappa shape index (κ3) is 3.96. The van der Waals surface area contributed by atoms with E-state index >= 15 is 0 Å². The Morgan fingerprint density at radius 3 is 2.56 bits per heavy atom. The summed E-state index contributed by atoms with van der Waals surface area (Å²) in [5.41, 5.74) is -0.0381. The topological polar surface area (TPSA) is 78.3 Å². The first-order valence-corrected chi connectivity index (χ1v) is 6.11. The average molecular weight is 252 g/mol. The zero-order valence-corrected chi connectivity index (χ0v) is 11.1. The van der Waals surface area contributed by atoms with Crippen molar-refractivity contribution in [1.29, 1.82) is 0 Å². The largest absolute Gasteiger partial charge is 0.476 e. The molecule has 100 valence electrons. The highest BCUT2D eigenvalue weighted by Gasteiger charge is 2.15. The zero-order chi connectivity index (χ0) is 13.5. The fraction of sp³-hybridized carbons (Fsp3) is 0.583. The normalized spacial score (nSPS) is 12.4. The molecule has 0 aliphatic rings. The van der Waals surface area contributed by atoms with Crippen molar-refractivity contribution in [2.75, 3.05) is 25.0 Å². The van der Waals surface area contributed by atoms with Gasteiger partial charge in [-0.15, -0.1) is 0 Å². The highest BCUT2D eigenvalue weighted by atomic mass is 16.4. The maximum atomic E-state index is 11.0. The van der Waals surface area contributed by atoms with E-state index in [2.05, 4.69) is 34.0 Å². The number of rotatable bonds is 7. The molecule has 0 aliphatic heterocycles. The summed E-state index contributed by atoms with van der Waals surface area (Å²) < 4.78 is 0. The van der Waals surface area contributed by atoms with Gasteiger partial charge in [0.25, 0.3) is 0 Å². The van der Waals surface area contributed by atoms with Crippen molar-refractivity contribution in [2.24, 2.45) is 0 Å². The quantitative estimate of drug-likeness (QED) is 0.762. The van der Waals surface area contributed by atoms with E-state index < -0.39 is 5.97 Å². The maximum absolute atomic E-state index is 11.0. The first kappa shape index (κ1) is 14.4. The van der Waals surface area contributed by atoms with Gasteiger partial charge < -0.3 is 15.3 Å². The van der Waals surface area contributed by atoms with Crippen LogP contribution in [-0.2, 0) is 0 Å². The van der Waals surface area contributed by atoms with Crippen molar-refractivity contribution < 1.29 is 9.90 Å². The number of carbonyl (C=O) groups is 1. The summed E-state index contributed by atoms with van der Waals surface area (Å²) in [6.45, 7) is 8.97. The van der Waals surface area contributed by atoms with Crippen LogP contribution in [0.5, 0.6) is 0 Å². The van der Waals surface area contributed by atoms with Gasteiger partial charge >= 0.3 is 5.97 Å². The van der Waals surface area contributed by atoms with Crippen LogP contribution in [0.25, 0.3) is 0 Å². The van der Waals surface area contributed by atoms with Crippen LogP contribution in [0.15, 0.2) is 12.4 Å². The fourth-order valence-corrected chi connectivity index (χ4v) is 1.75. The Bertz CT molecular complexity index is 393. The molecule has 2 N–H and O–H groups in total. The Hall–Kier alpha value is -1.69. The molecule has 1 unspecified atom stereocenters. The third-order valence-corrected chi connectivity index (χ3v) is 2.71. The zero-order valence-electron chi connectivity index (χ0n) is 11.1. The number of nitrogens with zero attached hydrogens (tertiary/aromatic N) is 3. The summed E-state index contributed by atoms with van der Waals surface area (Å²) >= 11 is 0. The Labute approximate surface area is 107 Å². The summed E-state index contributed by atoms with van der Waals surface area (Å²) in [4.78, 5) is 21.1. The number of aromatic nitrogens is 2. The van der Waals surface area contributed by atoms with Crippen LogP contribution in [0, 0.1) is 0 Å². The van der Waals surface area contributed by atoms with Crippen LogP contribution < -0.4 is 5.32 Å². The van der Waals surface area contributed by atoms with Gasteiger partial charge in [-0.1, -0.05) is 13.8 Å². The first-order chi connectivity index (χ1) is 8.58. The minimum atomic E-state index is -1.07. The van der Waals surface area contributed by atoms with Crippen LogP contribution in [-0.4, -0.2) is 51.6 Å². The lowest BCUT2D eigenvalue weighted by Crippen LogP contribution is -2.35. The molecule has 0 bridgehead atoms. The number of hydrogen-bond acceptors (Lipinski definition) is 5. The van der Waals surface area contributed by atoms with Gasteiger partial charge in [0, 0.05) is 25.0 Å². The van der Waals surface area contributed by atoms with Gasteiger partial charge in [-0.25, -0.2) is 14.8 Å². The Kier molecular flexibility index (Phi) is 5.51. The van der Waals surface area contributed by atoms with Gasteiger partial charge in [-0.2, -0.15) is 0 Å². The third-order valence-electron chi connectivity index (χ3n) is 2.71. The molecule has 0 saturated carbocycles. The molecule has 1 atom stereocenters. The van der Waals surface area contributed by atoms with Crippen LogP contribution >= 0.6 is 0 Å². The summed E-state index contributed by atoms with van der Waals surface area (Å²) in [6.07, 6.45) is 2.86. The van der Waals surface area contributed by atoms with Crippen molar-refractivity contribution in [3.63, 3.8) is 0 Å². The number of anilines is 1. The van der Waals surface area contributed by atoms with Gasteiger partial charge in [0.05, 0.1) is 0 Å². The molecule has 0 aliphatic carbocycles. The van der Waals surface area contributed by atoms with Gasteiger partial charge in [-0.05, 0) is 20.0 Å². The smallest absolute Gasteiger partial charge is 0.358 e. The van der Waals surface area contributed by atoms with Crippen molar-refractivity contribution in [3.8, 4) is 0 Å². The minimum Gasteiger partial charge on any atom is -0.476 e. The average Bonchev–Trinajstić information content (AvgIpc) is 2.36. The maximum Gasteiger partial charge on any atom is 0.358 e. The molecule has 0 fully saturated rings. The Balaban J connectivity index is 2.69. The lowest BCUT2D eigenvalue weighted by Gasteiger charge is -2.23. The van der Waals surface area contributed by atoms with Crippen molar-refractivity contribution in [3.05, 3.63) is 18.1 Å². The molecule has 0 saturated heterocycles. The van der Waals surface area contributed by atoms with Crippen molar-refractivity contribution in [1.82, 2.24) is 14.9 Å². The summed E-state index contributed by atoms with van der Waals surface area (Å²) in [5.74, 6) is -0.745. The van der Waals surface area contributed by atoms with Crippen LogP contribution in [0.1, 0.15) is 31.3 Å². The van der Waals surface area contributed by atoms with E-state index in [1.54, 1.807) is 0 Å². The molecule has 0 radical (unpaired) electrons. The second-order valence-electron chi connectivity index (χ2n) is 4.09. The lowest BCUT2D eigenvalue weighted by atomic mass is 10.3. The highest BCUT2D eigenvalue weighted by molar-refractivity contribution is 5.90. The SMILES string of the molecule is CCN(CC)CC(C)Nc1nccnc1C(=O)O. The second kappa shape index (κ2) is 6.90. The van der Waals surface area contributed by atoms with E-state index in [0.717, 1.165) is 19.6 Å². The molecule has 1 aromatic heterocycles. The summed E-state index contributed by atoms with van der Waals surface area (Å²) in [7, 11) is 0. The van der Waals surface area contributed by atoms with Crippen molar-refractivity contribution >= 4 is 11.8 Å². The van der Waals surface area contributed by atoms with E-state index in [1.165, 1.54) is 12.4 Å². The standard InChI is InChI=1S/C12H20N4O2/c1-4-16(5-2)8-9(3)15-11-10(12(17)18)13-6-7-14-11/h6-7,9H,4-5,8H2,1-3H3,(H,14,15)(H,17,18). The van der Waals surface area contributed by atoms with E-state index in [9.17, 15) is 4.79 Å². The molecule has 0 aromatic carbocycles. The number of nitrogens with one attached hydrogen (secondary N) is 1. The van der Waals surface area contributed by atoms with Crippen LogP contribution in [0.4, 0.5) is 5.82 Å². The van der Waals surface area contributed by atoms with Gasteiger partial charge in [-0.3, -0.25) is 0 Å². The number of carboxylic acid groups (broad SMARTS) is 1. The molecule has 0 amide bonds. The Morgan fingerprint density at radius 1 is 1.39 bits per heavy atom. The van der Waals surface area contributed by atoms with Crippen molar-refractivity contribution in [2.45, 2.75) is 26.8 Å². The number of hydrogen-bond donors (Lipinski definition) is 2. The molecule has 0 spiro atoms. The predicted octanol–water partition coefficient (Wildman–Crippen LogP) is 1.32. The van der Waals surface area contributed by atoms with E-state index in [-0.39, 0.29) is 11.7 Å². The molecular weight excluding hydrogens is 232 g/mol. The Morgan fingerprint density at radius 2 is 2.00 bits per heavy atom. The van der Waals surface area contributed by atoms with Gasteiger partial charge in [0.15, 0.2) is 11.5 Å². The first-order valence-electron chi connectivity index (χ1n) is 6.11. The van der Waals surface area contributed by atoms with E-state index in [4.69, 9.17) is 5.11 Å². The van der Waals surface area contributed by atoms with Gasteiger partial charge in [0.1, 0.15) is 0 Å². The molecular formula is C12H20N4O2. The molecule has 1 rings (SSSR count). The molecule has 1 aromatic rings. The minimum absolute atomic E-state index is 0.0381. The fourth-order valence-electron chi connectivity index (χ4n) is 1.75. The van der Waals surface area contributed by atoms with E-state index in [1.807, 2.05) is 6.92 Å². The van der Waals surface area contributed by atoms with Gasteiger partial charge in [0.2, 0.25) is 0 Å². The second-order valence-corrected chi connectivity index (χ2v) is 4.09. The monoisotopic (exact) mass is 252 g/mol. The summed E-state index contributed by atoms with van der Waals surface area (Å²) in [5, 5.41) is 12.1.